The second-order valence-corrected chi connectivity index (χ2v) is 7.57. The number of nitrogens with zero attached hydrogens (tertiary/aromatic N) is 3. The molecular formula is C17H22N4O2S. The first-order chi connectivity index (χ1) is 11.8. The molecule has 4 rings (SSSR count). The Hall–Kier alpha value is -1.73. The first kappa shape index (κ1) is 15.8. The fourth-order valence-electron chi connectivity index (χ4n) is 3.14. The van der Waals surface area contributed by atoms with E-state index >= 15 is 0 Å². The minimum Gasteiger partial charge on any atom is -0.356 e. The van der Waals surface area contributed by atoms with E-state index in [2.05, 4.69) is 20.4 Å². The van der Waals surface area contributed by atoms with E-state index in [1.54, 1.807) is 11.3 Å². The van der Waals surface area contributed by atoms with Crippen molar-refractivity contribution in [2.45, 2.75) is 32.2 Å². The molecule has 2 aromatic heterocycles. The average molecular weight is 346 g/mol. The lowest BCUT2D eigenvalue weighted by molar-refractivity contribution is -0.126. The summed E-state index contributed by atoms with van der Waals surface area (Å²) in [6.07, 6.45) is 4.53. The highest BCUT2D eigenvalue weighted by molar-refractivity contribution is 7.08. The summed E-state index contributed by atoms with van der Waals surface area (Å²) in [5.41, 5.74) is 0.992. The lowest BCUT2D eigenvalue weighted by Crippen LogP contribution is -2.43. The SMILES string of the molecule is O=C(NCC1CC1)[C@@H]1CCCN(Cc2nc(-c3ccsc3)no2)C1. The molecule has 3 heterocycles. The first-order valence-corrected chi connectivity index (χ1v) is 9.57. The maximum atomic E-state index is 12.3. The fraction of sp³-hybridized carbons (Fsp3) is 0.588. The average Bonchev–Trinajstić information content (AvgIpc) is 3.07. The van der Waals surface area contributed by atoms with Gasteiger partial charge in [0.15, 0.2) is 0 Å². The van der Waals surface area contributed by atoms with Crippen molar-refractivity contribution in [3.8, 4) is 11.4 Å². The molecule has 2 aliphatic rings. The monoisotopic (exact) mass is 346 g/mol. The molecule has 1 saturated carbocycles. The third-order valence-corrected chi connectivity index (χ3v) is 5.43. The van der Waals surface area contributed by atoms with E-state index < -0.39 is 0 Å². The molecule has 1 atom stereocenters. The second kappa shape index (κ2) is 7.03. The topological polar surface area (TPSA) is 71.3 Å². The van der Waals surface area contributed by atoms with Gasteiger partial charge in [0.25, 0.3) is 0 Å². The lowest BCUT2D eigenvalue weighted by atomic mass is 9.97. The van der Waals surface area contributed by atoms with Crippen molar-refractivity contribution >= 4 is 17.2 Å². The van der Waals surface area contributed by atoms with E-state index in [1.165, 1.54) is 12.8 Å². The van der Waals surface area contributed by atoms with E-state index in [0.29, 0.717) is 18.3 Å². The van der Waals surface area contributed by atoms with Crippen molar-refractivity contribution in [1.29, 1.82) is 0 Å². The Bertz CT molecular complexity index is 681. The lowest BCUT2D eigenvalue weighted by Gasteiger charge is -2.30. The van der Waals surface area contributed by atoms with Crippen molar-refractivity contribution < 1.29 is 9.32 Å². The third kappa shape index (κ3) is 3.84. The number of carbonyl (C=O) groups is 1. The van der Waals surface area contributed by atoms with E-state index in [9.17, 15) is 4.79 Å². The number of thiophene rings is 1. The molecule has 2 fully saturated rings. The van der Waals surface area contributed by atoms with Crippen molar-refractivity contribution in [2.24, 2.45) is 11.8 Å². The summed E-state index contributed by atoms with van der Waals surface area (Å²) in [5, 5.41) is 11.2. The molecule has 1 aliphatic heterocycles. The van der Waals surface area contributed by atoms with Crippen LogP contribution < -0.4 is 5.32 Å². The number of rotatable bonds is 6. The van der Waals surface area contributed by atoms with Crippen LogP contribution in [0.15, 0.2) is 21.3 Å². The Morgan fingerprint density at radius 1 is 1.42 bits per heavy atom. The maximum Gasteiger partial charge on any atom is 0.241 e. The molecule has 128 valence electrons. The summed E-state index contributed by atoms with van der Waals surface area (Å²) < 4.78 is 5.38. The predicted molar refractivity (Wildman–Crippen MR) is 91.3 cm³/mol. The van der Waals surface area contributed by atoms with Gasteiger partial charge in [-0.1, -0.05) is 5.16 Å². The molecule has 0 spiro atoms. The van der Waals surface area contributed by atoms with Gasteiger partial charge in [0.1, 0.15) is 0 Å². The van der Waals surface area contributed by atoms with Crippen LogP contribution in [0.2, 0.25) is 0 Å². The van der Waals surface area contributed by atoms with E-state index in [1.807, 2.05) is 16.8 Å². The zero-order valence-corrected chi connectivity index (χ0v) is 14.4. The number of piperidine rings is 1. The minimum absolute atomic E-state index is 0.0803. The van der Waals surface area contributed by atoms with Gasteiger partial charge in [-0.05, 0) is 49.6 Å². The zero-order chi connectivity index (χ0) is 16.4. The van der Waals surface area contributed by atoms with Crippen molar-refractivity contribution in [2.75, 3.05) is 19.6 Å². The van der Waals surface area contributed by atoms with Crippen LogP contribution in [0.5, 0.6) is 0 Å². The van der Waals surface area contributed by atoms with Gasteiger partial charge in [-0.2, -0.15) is 16.3 Å². The molecule has 1 aliphatic carbocycles. The maximum absolute atomic E-state index is 12.3. The molecule has 6 nitrogen and oxygen atoms in total. The van der Waals surface area contributed by atoms with Crippen molar-refractivity contribution in [1.82, 2.24) is 20.4 Å². The van der Waals surface area contributed by atoms with Crippen LogP contribution in [0.3, 0.4) is 0 Å². The highest BCUT2D eigenvalue weighted by atomic mass is 32.1. The molecule has 0 radical (unpaired) electrons. The van der Waals surface area contributed by atoms with Gasteiger partial charge in [0, 0.05) is 24.0 Å². The molecule has 24 heavy (non-hydrogen) atoms. The van der Waals surface area contributed by atoms with Gasteiger partial charge in [-0.15, -0.1) is 0 Å². The van der Waals surface area contributed by atoms with Gasteiger partial charge >= 0.3 is 0 Å². The fourth-order valence-corrected chi connectivity index (χ4v) is 3.78. The van der Waals surface area contributed by atoms with Gasteiger partial charge < -0.3 is 9.84 Å². The first-order valence-electron chi connectivity index (χ1n) is 8.63. The third-order valence-electron chi connectivity index (χ3n) is 4.74. The molecule has 7 heteroatoms. The molecule has 0 unspecified atom stereocenters. The summed E-state index contributed by atoms with van der Waals surface area (Å²) in [6, 6.07) is 1.99. The number of likely N-dealkylation sites (tertiary alicyclic amines) is 1. The van der Waals surface area contributed by atoms with Crippen molar-refractivity contribution in [3.63, 3.8) is 0 Å². The standard InChI is InChI=1S/C17H22N4O2S/c22-17(18-8-12-3-4-12)13-2-1-6-21(9-13)10-15-19-16(20-23-15)14-5-7-24-11-14/h5,7,11-13H,1-4,6,8-10H2,(H,18,22)/t13-/m1/s1. The van der Waals surface area contributed by atoms with Crippen LogP contribution >= 0.6 is 11.3 Å². The van der Waals surface area contributed by atoms with Crippen LogP contribution in [0.1, 0.15) is 31.6 Å². The predicted octanol–water partition coefficient (Wildman–Crippen LogP) is 2.54. The largest absolute Gasteiger partial charge is 0.356 e. The minimum atomic E-state index is 0.0803. The smallest absolute Gasteiger partial charge is 0.241 e. The molecule has 1 N–H and O–H groups in total. The van der Waals surface area contributed by atoms with Gasteiger partial charge in [-0.25, -0.2) is 0 Å². The van der Waals surface area contributed by atoms with Crippen molar-refractivity contribution in [3.05, 3.63) is 22.7 Å². The quantitative estimate of drug-likeness (QED) is 0.870. The summed E-state index contributed by atoms with van der Waals surface area (Å²) in [5.74, 6) is 2.27. The summed E-state index contributed by atoms with van der Waals surface area (Å²) in [4.78, 5) is 19.0. The number of amides is 1. The highest BCUT2D eigenvalue weighted by Crippen LogP contribution is 2.28. The number of nitrogens with one attached hydrogen (secondary N) is 1. The summed E-state index contributed by atoms with van der Waals surface area (Å²) in [6.45, 7) is 3.21. The Balaban J connectivity index is 1.31. The van der Waals surface area contributed by atoms with Crippen LogP contribution in [0, 0.1) is 11.8 Å². The Morgan fingerprint density at radius 2 is 2.33 bits per heavy atom. The van der Waals surface area contributed by atoms with Crippen LogP contribution in [-0.4, -0.2) is 40.6 Å². The molecule has 0 bridgehead atoms. The molecular weight excluding hydrogens is 324 g/mol. The molecule has 2 aromatic rings. The van der Waals surface area contributed by atoms with E-state index in [0.717, 1.165) is 44.0 Å². The van der Waals surface area contributed by atoms with Crippen LogP contribution in [0.4, 0.5) is 0 Å². The number of carbonyl (C=O) groups excluding carboxylic acids is 1. The Kier molecular flexibility index (Phi) is 4.62. The van der Waals surface area contributed by atoms with Gasteiger partial charge in [-0.3, -0.25) is 9.69 Å². The normalized spacial score (nSPS) is 21.8. The van der Waals surface area contributed by atoms with Crippen LogP contribution in [0.25, 0.3) is 11.4 Å². The highest BCUT2D eigenvalue weighted by Gasteiger charge is 2.28. The Labute approximate surface area is 145 Å². The summed E-state index contributed by atoms with van der Waals surface area (Å²) >= 11 is 1.62. The molecule has 0 aromatic carbocycles. The number of hydrogen-bond donors (Lipinski definition) is 1. The van der Waals surface area contributed by atoms with Gasteiger partial charge in [0.2, 0.25) is 17.6 Å². The van der Waals surface area contributed by atoms with Gasteiger partial charge in [0.05, 0.1) is 12.5 Å². The van der Waals surface area contributed by atoms with Crippen LogP contribution in [-0.2, 0) is 11.3 Å². The van der Waals surface area contributed by atoms with E-state index in [-0.39, 0.29) is 11.8 Å². The number of aromatic nitrogens is 2. The summed E-state index contributed by atoms with van der Waals surface area (Å²) in [7, 11) is 0. The Morgan fingerprint density at radius 3 is 3.12 bits per heavy atom. The molecule has 1 saturated heterocycles. The second-order valence-electron chi connectivity index (χ2n) is 6.79. The molecule has 1 amide bonds. The van der Waals surface area contributed by atoms with E-state index in [4.69, 9.17) is 4.52 Å². The number of hydrogen-bond acceptors (Lipinski definition) is 6. The zero-order valence-electron chi connectivity index (χ0n) is 13.6.